The van der Waals surface area contributed by atoms with Gasteiger partial charge >= 0.3 is 17.9 Å². The minimum Gasteiger partial charge on any atom is -0.462 e. The van der Waals surface area contributed by atoms with Crippen molar-refractivity contribution < 1.29 is 47.9 Å². The first-order valence-corrected chi connectivity index (χ1v) is 19.4. The second-order valence-electron chi connectivity index (χ2n) is 16.0. The number of fused-ring (bicyclic) bond motifs is 2. The number of rotatable bonds is 5. The van der Waals surface area contributed by atoms with E-state index >= 15 is 0 Å². The Balaban J connectivity index is 1.40. The fraction of sp³-hybridized carbons (Fsp3) is 0.568. The molecule has 2 bridgehead atoms. The third kappa shape index (κ3) is 8.08. The van der Waals surface area contributed by atoms with Crippen LogP contribution in [0.3, 0.4) is 0 Å². The monoisotopic (exact) mass is 744 g/mol. The van der Waals surface area contributed by atoms with Crippen LogP contribution in [0.2, 0.25) is 0 Å². The Bertz CT molecular complexity index is 1740. The summed E-state index contributed by atoms with van der Waals surface area (Å²) in [5, 5.41) is 12.8. The van der Waals surface area contributed by atoms with Crippen molar-refractivity contribution in [2.45, 2.75) is 129 Å². The minimum atomic E-state index is -1.90. The maximum absolute atomic E-state index is 14.5. The normalized spacial score (nSPS) is 39.8. The van der Waals surface area contributed by atoms with Crippen LogP contribution < -0.4 is 0 Å². The molecule has 2 saturated heterocycles. The van der Waals surface area contributed by atoms with Crippen LogP contribution in [0.1, 0.15) is 90.1 Å². The standard InChI is InChI=1S/C44H56O10/c1-9-26(3)38-29(6)19-20-43(54-38)23-35-22-34(53-43)18-15-28(5)37(50-31(8)45)27(4)11-10-12-33-24-49-40-39(52-41(46)32-16-13-25(2)14-17-32)30(7)21-36(42(47)51-35)44(33,40)48/h10-17,19-21,26-27,29,34-40,48H,9,18,22-24H2,1-8H3/b11-10+,28-15+,33-12+/t26-,27-,29-,34+,35-,36-,37-,38+,39+,40+,43+,44+/m0/s1. The third-order valence-electron chi connectivity index (χ3n) is 11.8. The van der Waals surface area contributed by atoms with E-state index in [1.807, 2.05) is 51.1 Å². The fourth-order valence-corrected chi connectivity index (χ4v) is 8.53. The van der Waals surface area contributed by atoms with Crippen molar-refractivity contribution in [2.75, 3.05) is 6.61 Å². The van der Waals surface area contributed by atoms with Crippen LogP contribution in [0.5, 0.6) is 0 Å². The molecular formula is C44H56O10. The van der Waals surface area contributed by atoms with Gasteiger partial charge in [-0.15, -0.1) is 0 Å². The highest BCUT2D eigenvalue weighted by Crippen LogP contribution is 2.48. The molecule has 2 fully saturated rings. The van der Waals surface area contributed by atoms with E-state index in [9.17, 15) is 19.5 Å². The summed E-state index contributed by atoms with van der Waals surface area (Å²) in [5.41, 5.74) is 1.34. The smallest absolute Gasteiger partial charge is 0.338 e. The van der Waals surface area contributed by atoms with Crippen LogP contribution >= 0.6 is 0 Å². The van der Waals surface area contributed by atoms with Gasteiger partial charge in [0.2, 0.25) is 0 Å². The summed E-state index contributed by atoms with van der Waals surface area (Å²) in [6.45, 7) is 15.4. The molecule has 1 aliphatic carbocycles. The molecule has 1 N–H and O–H groups in total. The molecule has 10 heteroatoms. The summed E-state index contributed by atoms with van der Waals surface area (Å²) < 4.78 is 38.1. The highest BCUT2D eigenvalue weighted by molar-refractivity contribution is 5.90. The molecule has 292 valence electrons. The number of carbonyl (C=O) groups is 3. The van der Waals surface area contributed by atoms with Crippen molar-refractivity contribution in [1.29, 1.82) is 0 Å². The maximum Gasteiger partial charge on any atom is 0.338 e. The molecule has 0 aromatic heterocycles. The molecule has 12 atom stereocenters. The Morgan fingerprint density at radius 3 is 2.43 bits per heavy atom. The highest BCUT2D eigenvalue weighted by atomic mass is 16.7. The van der Waals surface area contributed by atoms with Gasteiger partial charge in [0.1, 0.15) is 29.8 Å². The molecule has 0 radical (unpaired) electrons. The predicted octanol–water partition coefficient (Wildman–Crippen LogP) is 7.05. The lowest BCUT2D eigenvalue weighted by Gasteiger charge is -2.48. The van der Waals surface area contributed by atoms with Gasteiger partial charge in [-0.1, -0.05) is 88.3 Å². The number of aryl methyl sites for hydroxylation is 1. The summed E-state index contributed by atoms with van der Waals surface area (Å²) in [4.78, 5) is 40.1. The van der Waals surface area contributed by atoms with Gasteiger partial charge in [0.05, 0.1) is 24.4 Å². The average molecular weight is 745 g/mol. The Kier molecular flexibility index (Phi) is 11.9. The van der Waals surface area contributed by atoms with Gasteiger partial charge in [-0.05, 0) is 68.0 Å². The van der Waals surface area contributed by atoms with Crippen LogP contribution in [0, 0.1) is 30.6 Å². The first-order chi connectivity index (χ1) is 25.6. The lowest BCUT2D eigenvalue weighted by molar-refractivity contribution is -0.300. The van der Waals surface area contributed by atoms with Crippen molar-refractivity contribution in [1.82, 2.24) is 0 Å². The van der Waals surface area contributed by atoms with Crippen molar-refractivity contribution in [2.24, 2.45) is 23.7 Å². The van der Waals surface area contributed by atoms with Crippen LogP contribution in [-0.4, -0.2) is 77.6 Å². The van der Waals surface area contributed by atoms with E-state index in [0.29, 0.717) is 29.6 Å². The fourth-order valence-electron chi connectivity index (χ4n) is 8.53. The number of ether oxygens (including phenoxy) is 6. The van der Waals surface area contributed by atoms with Gasteiger partial charge in [0.15, 0.2) is 11.9 Å². The van der Waals surface area contributed by atoms with Crippen LogP contribution in [0.4, 0.5) is 0 Å². The van der Waals surface area contributed by atoms with E-state index in [1.54, 1.807) is 37.3 Å². The molecular weight excluding hydrogens is 688 g/mol. The van der Waals surface area contributed by atoms with Gasteiger partial charge < -0.3 is 33.5 Å². The van der Waals surface area contributed by atoms with Crippen molar-refractivity contribution in [3.8, 4) is 0 Å². The Labute approximate surface area is 319 Å². The molecule has 4 heterocycles. The first kappa shape index (κ1) is 39.9. The Hall–Kier alpha value is -3.83. The molecule has 1 aromatic rings. The van der Waals surface area contributed by atoms with Gasteiger partial charge in [0.25, 0.3) is 0 Å². The third-order valence-corrected chi connectivity index (χ3v) is 11.8. The zero-order valence-electron chi connectivity index (χ0n) is 32.8. The van der Waals surface area contributed by atoms with Crippen molar-refractivity contribution in [3.05, 3.63) is 94.6 Å². The zero-order valence-corrected chi connectivity index (χ0v) is 32.8. The van der Waals surface area contributed by atoms with E-state index in [4.69, 9.17) is 28.4 Å². The van der Waals surface area contributed by atoms with E-state index in [0.717, 1.165) is 17.6 Å². The number of allylic oxidation sites excluding steroid dienone is 2. The van der Waals surface area contributed by atoms with Gasteiger partial charge in [-0.2, -0.15) is 0 Å². The number of esters is 3. The van der Waals surface area contributed by atoms with Crippen molar-refractivity contribution >= 4 is 17.9 Å². The topological polar surface area (TPSA) is 127 Å². The molecule has 6 rings (SSSR count). The molecule has 1 aromatic carbocycles. The first-order valence-electron chi connectivity index (χ1n) is 19.4. The second kappa shape index (κ2) is 16.1. The van der Waals surface area contributed by atoms with Gasteiger partial charge in [-0.3, -0.25) is 9.59 Å². The summed E-state index contributed by atoms with van der Waals surface area (Å²) in [6.07, 6.45) is 11.5. The molecule has 54 heavy (non-hydrogen) atoms. The van der Waals surface area contributed by atoms with Crippen LogP contribution in [0.25, 0.3) is 0 Å². The van der Waals surface area contributed by atoms with E-state index in [-0.39, 0.29) is 36.9 Å². The summed E-state index contributed by atoms with van der Waals surface area (Å²) in [6, 6.07) is 7.04. The average Bonchev–Trinajstić information content (AvgIpc) is 3.47. The van der Waals surface area contributed by atoms with Crippen LogP contribution in [-0.2, 0) is 38.0 Å². The summed E-state index contributed by atoms with van der Waals surface area (Å²) in [5.74, 6) is -3.66. The number of hydrogen-bond acceptors (Lipinski definition) is 10. The molecule has 5 aliphatic rings. The molecule has 0 saturated carbocycles. The van der Waals surface area contributed by atoms with Gasteiger partial charge in [-0.25, -0.2) is 4.79 Å². The Morgan fingerprint density at radius 1 is 0.981 bits per heavy atom. The number of hydrogen-bond donors (Lipinski definition) is 1. The highest BCUT2D eigenvalue weighted by Gasteiger charge is 2.61. The summed E-state index contributed by atoms with van der Waals surface area (Å²) >= 11 is 0. The lowest BCUT2D eigenvalue weighted by atomic mass is 9.70. The molecule has 10 nitrogen and oxygen atoms in total. The number of benzene rings is 1. The quantitative estimate of drug-likeness (QED) is 0.190. The van der Waals surface area contributed by atoms with E-state index in [1.165, 1.54) is 6.92 Å². The van der Waals surface area contributed by atoms with Crippen LogP contribution in [0.15, 0.2) is 83.5 Å². The molecule has 4 aliphatic heterocycles. The second-order valence-corrected chi connectivity index (χ2v) is 16.0. The SMILES string of the molecule is CC[C@H](C)[C@H]1O[C@]2(C=C[C@@H]1C)C[C@@H]1C[C@@H](C/C=C(\C)[C@@H](OC(C)=O)[C@@H](C)/C=C/C=C3\CO[C@@H]4[C@H](OC(=O)c5ccc(C)cc5)C(C)=C[C@@H](C(=O)O1)[C@]34O)O2. The predicted molar refractivity (Wildman–Crippen MR) is 202 cm³/mol. The maximum atomic E-state index is 14.5. The van der Waals surface area contributed by atoms with Gasteiger partial charge in [0, 0.05) is 31.6 Å². The van der Waals surface area contributed by atoms with E-state index < -0.39 is 65.7 Å². The Morgan fingerprint density at radius 2 is 1.72 bits per heavy atom. The lowest BCUT2D eigenvalue weighted by Crippen LogP contribution is -2.59. The molecule has 0 unspecified atom stereocenters. The largest absolute Gasteiger partial charge is 0.462 e. The zero-order chi connectivity index (χ0) is 38.9. The minimum absolute atomic E-state index is 0.00799. The molecule has 0 amide bonds. The van der Waals surface area contributed by atoms with E-state index in [2.05, 4.69) is 26.8 Å². The summed E-state index contributed by atoms with van der Waals surface area (Å²) in [7, 11) is 0. The van der Waals surface area contributed by atoms with Crippen molar-refractivity contribution in [3.63, 3.8) is 0 Å². The molecule has 1 spiro atoms. The number of carbonyl (C=O) groups excluding carboxylic acids is 3. The number of aliphatic hydroxyl groups is 1.